The number of aromatic nitrogens is 3. The van der Waals surface area contributed by atoms with Gasteiger partial charge in [-0.2, -0.15) is 0 Å². The van der Waals surface area contributed by atoms with Gasteiger partial charge in [0.15, 0.2) is 11.0 Å². The molecule has 0 unspecified atom stereocenters. The van der Waals surface area contributed by atoms with Crippen LogP contribution in [0.2, 0.25) is 0 Å². The molecule has 116 valence electrons. The number of anilines is 1. The third-order valence-corrected chi connectivity index (χ3v) is 5.38. The normalized spacial score (nSPS) is 15.6. The molecular formula is C15H12N4O2S2. The van der Waals surface area contributed by atoms with Crippen molar-refractivity contribution in [3.05, 3.63) is 29.6 Å². The standard InChI is InChI=1S/C15H12N4O2S2/c1-18-11-5-3-2-4-9(11)16-14(18)10-6-23-15(17-10)19-12(20)7-22-8-13(19)21/h2-6H,7-8H2,1H3. The van der Waals surface area contributed by atoms with Gasteiger partial charge in [-0.3, -0.25) is 9.59 Å². The third kappa shape index (κ3) is 2.34. The van der Waals surface area contributed by atoms with Crippen molar-refractivity contribution in [1.82, 2.24) is 14.5 Å². The van der Waals surface area contributed by atoms with Crippen molar-refractivity contribution >= 4 is 51.1 Å². The van der Waals surface area contributed by atoms with E-state index < -0.39 is 0 Å². The maximum atomic E-state index is 12.0. The monoisotopic (exact) mass is 344 g/mol. The summed E-state index contributed by atoms with van der Waals surface area (Å²) in [6, 6.07) is 7.84. The Balaban J connectivity index is 1.76. The molecule has 2 aromatic heterocycles. The van der Waals surface area contributed by atoms with E-state index in [9.17, 15) is 9.59 Å². The number of thioether (sulfide) groups is 1. The van der Waals surface area contributed by atoms with Gasteiger partial charge in [0.2, 0.25) is 11.8 Å². The van der Waals surface area contributed by atoms with Crippen LogP contribution in [0, 0.1) is 0 Å². The molecule has 3 aromatic rings. The number of imide groups is 1. The number of aryl methyl sites for hydroxylation is 1. The van der Waals surface area contributed by atoms with Gasteiger partial charge in [0, 0.05) is 12.4 Å². The molecule has 0 saturated carbocycles. The number of carbonyl (C=O) groups is 2. The van der Waals surface area contributed by atoms with Crippen molar-refractivity contribution < 1.29 is 9.59 Å². The molecule has 2 amide bonds. The number of carbonyl (C=O) groups excluding carboxylic acids is 2. The number of hydrogen-bond acceptors (Lipinski definition) is 6. The molecule has 23 heavy (non-hydrogen) atoms. The molecule has 1 aromatic carbocycles. The van der Waals surface area contributed by atoms with Crippen LogP contribution in [0.4, 0.5) is 5.13 Å². The quantitative estimate of drug-likeness (QED) is 0.667. The second-order valence-electron chi connectivity index (χ2n) is 5.11. The maximum Gasteiger partial charge on any atom is 0.245 e. The van der Waals surface area contributed by atoms with E-state index in [0.717, 1.165) is 16.9 Å². The van der Waals surface area contributed by atoms with E-state index >= 15 is 0 Å². The van der Waals surface area contributed by atoms with Crippen LogP contribution >= 0.6 is 23.1 Å². The summed E-state index contributed by atoms with van der Waals surface area (Å²) < 4.78 is 1.96. The second kappa shape index (κ2) is 5.47. The minimum atomic E-state index is -0.211. The summed E-state index contributed by atoms with van der Waals surface area (Å²) in [6.45, 7) is 0. The Hall–Kier alpha value is -2.19. The molecule has 1 aliphatic heterocycles. The topological polar surface area (TPSA) is 68.1 Å². The Morgan fingerprint density at radius 3 is 2.57 bits per heavy atom. The molecule has 0 spiro atoms. The lowest BCUT2D eigenvalue weighted by molar-refractivity contribution is -0.124. The van der Waals surface area contributed by atoms with Crippen LogP contribution in [-0.4, -0.2) is 37.9 Å². The molecule has 0 atom stereocenters. The summed E-state index contributed by atoms with van der Waals surface area (Å²) in [4.78, 5) is 34.2. The van der Waals surface area contributed by atoms with E-state index in [0.29, 0.717) is 22.3 Å². The zero-order valence-electron chi connectivity index (χ0n) is 12.2. The molecular weight excluding hydrogens is 332 g/mol. The summed E-state index contributed by atoms with van der Waals surface area (Å²) in [5.41, 5.74) is 2.57. The fourth-order valence-electron chi connectivity index (χ4n) is 2.55. The van der Waals surface area contributed by atoms with Crippen molar-refractivity contribution in [1.29, 1.82) is 0 Å². The Morgan fingerprint density at radius 2 is 1.83 bits per heavy atom. The molecule has 0 bridgehead atoms. The highest BCUT2D eigenvalue weighted by Crippen LogP contribution is 2.30. The van der Waals surface area contributed by atoms with Gasteiger partial charge in [0.05, 0.1) is 22.5 Å². The number of para-hydroxylation sites is 2. The number of nitrogens with zero attached hydrogens (tertiary/aromatic N) is 4. The summed E-state index contributed by atoms with van der Waals surface area (Å²) in [7, 11) is 1.93. The number of thiazole rings is 1. The number of fused-ring (bicyclic) bond motifs is 1. The summed E-state index contributed by atoms with van der Waals surface area (Å²) in [5, 5.41) is 2.25. The van der Waals surface area contributed by atoms with Crippen molar-refractivity contribution in [2.75, 3.05) is 16.4 Å². The molecule has 1 saturated heterocycles. The minimum absolute atomic E-state index is 0.211. The molecule has 3 heterocycles. The number of benzene rings is 1. The summed E-state index contributed by atoms with van der Waals surface area (Å²) in [5.74, 6) is 0.925. The number of hydrogen-bond donors (Lipinski definition) is 0. The fourth-order valence-corrected chi connectivity index (χ4v) is 4.10. The first kappa shape index (κ1) is 14.4. The van der Waals surface area contributed by atoms with Crippen molar-refractivity contribution in [3.63, 3.8) is 0 Å². The van der Waals surface area contributed by atoms with Crippen molar-refractivity contribution in [2.45, 2.75) is 0 Å². The van der Waals surface area contributed by atoms with Crippen LogP contribution in [0.15, 0.2) is 29.6 Å². The van der Waals surface area contributed by atoms with E-state index in [-0.39, 0.29) is 11.8 Å². The van der Waals surface area contributed by atoms with Gasteiger partial charge >= 0.3 is 0 Å². The lowest BCUT2D eigenvalue weighted by Crippen LogP contribution is -2.43. The Labute approximate surface area is 140 Å². The predicted octanol–water partition coefficient (Wildman–Crippen LogP) is 2.30. The van der Waals surface area contributed by atoms with Crippen LogP contribution in [0.3, 0.4) is 0 Å². The Morgan fingerprint density at radius 1 is 1.09 bits per heavy atom. The molecule has 0 N–H and O–H groups in total. The second-order valence-corrected chi connectivity index (χ2v) is 6.94. The van der Waals surface area contributed by atoms with E-state index in [4.69, 9.17) is 0 Å². The maximum absolute atomic E-state index is 12.0. The largest absolute Gasteiger partial charge is 0.326 e. The van der Waals surface area contributed by atoms with E-state index in [1.807, 2.05) is 41.3 Å². The first-order valence-electron chi connectivity index (χ1n) is 6.96. The lowest BCUT2D eigenvalue weighted by atomic mass is 10.3. The minimum Gasteiger partial charge on any atom is -0.326 e. The highest BCUT2D eigenvalue weighted by molar-refractivity contribution is 8.00. The molecule has 8 heteroatoms. The summed E-state index contributed by atoms with van der Waals surface area (Å²) in [6.07, 6.45) is 0. The molecule has 0 radical (unpaired) electrons. The smallest absolute Gasteiger partial charge is 0.245 e. The van der Waals surface area contributed by atoms with Gasteiger partial charge in [-0.15, -0.1) is 23.1 Å². The Kier molecular flexibility index (Phi) is 3.42. The first-order chi connectivity index (χ1) is 11.1. The van der Waals surface area contributed by atoms with Gasteiger partial charge in [0.1, 0.15) is 5.69 Å². The van der Waals surface area contributed by atoms with Gasteiger partial charge in [0.25, 0.3) is 0 Å². The van der Waals surface area contributed by atoms with Crippen LogP contribution in [0.25, 0.3) is 22.6 Å². The Bertz CT molecular complexity index is 915. The average Bonchev–Trinajstić information content (AvgIpc) is 3.13. The van der Waals surface area contributed by atoms with Crippen LogP contribution in [0.1, 0.15) is 0 Å². The van der Waals surface area contributed by atoms with E-state index in [2.05, 4.69) is 9.97 Å². The van der Waals surface area contributed by atoms with Gasteiger partial charge in [-0.1, -0.05) is 12.1 Å². The average molecular weight is 344 g/mol. The SMILES string of the molecule is Cn1c(-c2csc(N3C(=O)CSCC3=O)n2)nc2ccccc21. The van der Waals surface area contributed by atoms with Crippen molar-refractivity contribution in [3.8, 4) is 11.5 Å². The predicted molar refractivity (Wildman–Crippen MR) is 91.6 cm³/mol. The van der Waals surface area contributed by atoms with Gasteiger partial charge < -0.3 is 4.57 Å². The van der Waals surface area contributed by atoms with E-state index in [1.165, 1.54) is 28.0 Å². The molecule has 0 aliphatic carbocycles. The zero-order chi connectivity index (χ0) is 16.0. The lowest BCUT2D eigenvalue weighted by Gasteiger charge is -2.21. The van der Waals surface area contributed by atoms with E-state index in [1.54, 1.807) is 0 Å². The highest BCUT2D eigenvalue weighted by Gasteiger charge is 2.30. The molecule has 6 nitrogen and oxygen atoms in total. The first-order valence-corrected chi connectivity index (χ1v) is 8.99. The molecule has 1 aliphatic rings. The zero-order valence-corrected chi connectivity index (χ0v) is 13.9. The number of rotatable bonds is 2. The molecule has 1 fully saturated rings. The number of imidazole rings is 1. The molecule has 4 rings (SSSR count). The van der Waals surface area contributed by atoms with Gasteiger partial charge in [-0.25, -0.2) is 14.9 Å². The van der Waals surface area contributed by atoms with Gasteiger partial charge in [-0.05, 0) is 12.1 Å². The van der Waals surface area contributed by atoms with Crippen LogP contribution in [-0.2, 0) is 16.6 Å². The third-order valence-electron chi connectivity index (χ3n) is 3.65. The summed E-state index contributed by atoms with van der Waals surface area (Å²) >= 11 is 2.63. The van der Waals surface area contributed by atoms with Crippen LogP contribution in [0.5, 0.6) is 0 Å². The van der Waals surface area contributed by atoms with Crippen LogP contribution < -0.4 is 4.90 Å². The highest BCUT2D eigenvalue weighted by atomic mass is 32.2. The fraction of sp³-hybridized carbons (Fsp3) is 0.200. The number of amides is 2. The van der Waals surface area contributed by atoms with Crippen molar-refractivity contribution in [2.24, 2.45) is 7.05 Å².